The molecule has 1 amide bonds. The molecule has 0 unspecified atom stereocenters. The second kappa shape index (κ2) is 10.0. The van der Waals surface area contributed by atoms with Gasteiger partial charge in [0.2, 0.25) is 0 Å². The van der Waals surface area contributed by atoms with Gasteiger partial charge in [-0.3, -0.25) is 9.36 Å². The Labute approximate surface area is 187 Å². The number of aromatic nitrogens is 2. The van der Waals surface area contributed by atoms with Crippen LogP contribution < -0.4 is 10.1 Å². The average Bonchev–Trinajstić information content (AvgIpc) is 3.08. The summed E-state index contributed by atoms with van der Waals surface area (Å²) in [5.41, 5.74) is 2.71. The van der Waals surface area contributed by atoms with Crippen LogP contribution in [0.1, 0.15) is 42.4 Å². The van der Waals surface area contributed by atoms with Crippen LogP contribution in [0.4, 0.5) is 0 Å². The quantitative estimate of drug-likeness (QED) is 0.427. The van der Waals surface area contributed by atoms with Crippen molar-refractivity contribution < 1.29 is 9.53 Å². The molecule has 1 heterocycles. The fourth-order valence-corrected chi connectivity index (χ4v) is 3.60. The second-order valence-electron chi connectivity index (χ2n) is 6.99. The second-order valence-corrected chi connectivity index (χ2v) is 7.86. The van der Waals surface area contributed by atoms with E-state index in [4.69, 9.17) is 32.9 Å². The molecule has 1 N–H and O–H groups in total. The van der Waals surface area contributed by atoms with Crippen molar-refractivity contribution >= 4 is 29.1 Å². The maximum absolute atomic E-state index is 12.9. The van der Waals surface area contributed by atoms with Gasteiger partial charge in [0.1, 0.15) is 17.3 Å². The average molecular weight is 446 g/mol. The summed E-state index contributed by atoms with van der Waals surface area (Å²) in [5.74, 6) is 0.991. The third-order valence-electron chi connectivity index (χ3n) is 4.88. The minimum absolute atomic E-state index is 0.189. The van der Waals surface area contributed by atoms with Crippen LogP contribution in [0.3, 0.4) is 0 Å². The number of methoxy groups -OCH3 is 1. The lowest BCUT2D eigenvalue weighted by Crippen LogP contribution is -2.25. The number of rotatable bonds is 8. The van der Waals surface area contributed by atoms with Crippen LogP contribution in [0.25, 0.3) is 17.1 Å². The van der Waals surface area contributed by atoms with Crippen LogP contribution >= 0.6 is 23.2 Å². The minimum atomic E-state index is -0.189. The molecule has 0 aliphatic rings. The van der Waals surface area contributed by atoms with Crippen molar-refractivity contribution in [2.45, 2.75) is 33.1 Å². The first kappa shape index (κ1) is 22.2. The maximum Gasteiger partial charge on any atom is 0.271 e. The molecule has 2 aromatic carbocycles. The van der Waals surface area contributed by atoms with Gasteiger partial charge in [-0.25, -0.2) is 4.98 Å². The van der Waals surface area contributed by atoms with E-state index in [1.165, 1.54) is 0 Å². The van der Waals surface area contributed by atoms with Gasteiger partial charge in [-0.1, -0.05) is 43.0 Å². The molecule has 3 rings (SSSR count). The smallest absolute Gasteiger partial charge is 0.271 e. The van der Waals surface area contributed by atoms with Gasteiger partial charge in [0.15, 0.2) is 0 Å². The Morgan fingerprint density at radius 3 is 2.47 bits per heavy atom. The molecular weight excluding hydrogens is 421 g/mol. The van der Waals surface area contributed by atoms with Crippen molar-refractivity contribution in [1.29, 1.82) is 0 Å². The predicted molar refractivity (Wildman–Crippen MR) is 122 cm³/mol. The summed E-state index contributed by atoms with van der Waals surface area (Å²) >= 11 is 12.2. The van der Waals surface area contributed by atoms with E-state index in [9.17, 15) is 4.79 Å². The standard InChI is InChI=1S/C23H25Cl2N3O2/c1-4-5-6-13-26-23(29)21-15(2)28(18-10-7-16(24)8-11-18)22(27-21)19-12-9-17(25)14-20(19)30-3/h7-12,14H,4-6,13H2,1-3H3,(H,26,29). The van der Waals surface area contributed by atoms with Gasteiger partial charge in [0, 0.05) is 22.3 Å². The molecule has 0 atom stereocenters. The summed E-state index contributed by atoms with van der Waals surface area (Å²) in [4.78, 5) is 17.6. The summed E-state index contributed by atoms with van der Waals surface area (Å²) in [6.07, 6.45) is 3.11. The summed E-state index contributed by atoms with van der Waals surface area (Å²) in [6, 6.07) is 12.8. The highest BCUT2D eigenvalue weighted by molar-refractivity contribution is 6.31. The van der Waals surface area contributed by atoms with E-state index in [0.717, 1.165) is 36.2 Å². The van der Waals surface area contributed by atoms with Crippen molar-refractivity contribution in [3.05, 3.63) is 63.9 Å². The first-order valence-electron chi connectivity index (χ1n) is 9.93. The number of halogens is 2. The Kier molecular flexibility index (Phi) is 7.40. The van der Waals surface area contributed by atoms with Crippen LogP contribution in [0.15, 0.2) is 42.5 Å². The fourth-order valence-electron chi connectivity index (χ4n) is 3.31. The summed E-state index contributed by atoms with van der Waals surface area (Å²) in [5, 5.41) is 4.17. The highest BCUT2D eigenvalue weighted by Crippen LogP contribution is 2.35. The number of hydrogen-bond acceptors (Lipinski definition) is 3. The van der Waals surface area contributed by atoms with Crippen molar-refractivity contribution in [1.82, 2.24) is 14.9 Å². The summed E-state index contributed by atoms with van der Waals surface area (Å²) in [7, 11) is 1.58. The van der Waals surface area contributed by atoms with Gasteiger partial charge in [-0.15, -0.1) is 0 Å². The van der Waals surface area contributed by atoms with E-state index in [2.05, 4.69) is 12.2 Å². The Bertz CT molecular complexity index is 1030. The number of carbonyl (C=O) groups excluding carboxylic acids is 1. The Morgan fingerprint density at radius 2 is 1.80 bits per heavy atom. The van der Waals surface area contributed by atoms with E-state index in [0.29, 0.717) is 33.9 Å². The third-order valence-corrected chi connectivity index (χ3v) is 5.36. The Balaban J connectivity index is 2.11. The molecule has 30 heavy (non-hydrogen) atoms. The first-order chi connectivity index (χ1) is 14.5. The predicted octanol–water partition coefficient (Wildman–Crippen LogP) is 6.08. The largest absolute Gasteiger partial charge is 0.496 e. The molecule has 158 valence electrons. The van der Waals surface area contributed by atoms with E-state index < -0.39 is 0 Å². The molecule has 0 aliphatic carbocycles. The lowest BCUT2D eigenvalue weighted by molar-refractivity contribution is 0.0948. The number of nitrogens with one attached hydrogen (secondary N) is 1. The van der Waals surface area contributed by atoms with Crippen molar-refractivity contribution in [3.8, 4) is 22.8 Å². The molecule has 1 aromatic heterocycles. The van der Waals surface area contributed by atoms with Crippen molar-refractivity contribution in [2.75, 3.05) is 13.7 Å². The number of nitrogens with zero attached hydrogens (tertiary/aromatic N) is 2. The lowest BCUT2D eigenvalue weighted by Gasteiger charge is -2.13. The van der Waals surface area contributed by atoms with Gasteiger partial charge in [0.05, 0.1) is 18.4 Å². The Hall–Kier alpha value is -2.50. The van der Waals surface area contributed by atoms with Crippen LogP contribution in [-0.4, -0.2) is 29.1 Å². The molecule has 0 saturated heterocycles. The minimum Gasteiger partial charge on any atom is -0.496 e. The number of imidazole rings is 1. The van der Waals surface area contributed by atoms with Crippen LogP contribution in [0.5, 0.6) is 5.75 Å². The molecule has 0 radical (unpaired) electrons. The normalized spacial score (nSPS) is 10.8. The highest BCUT2D eigenvalue weighted by Gasteiger charge is 2.23. The summed E-state index contributed by atoms with van der Waals surface area (Å²) in [6.45, 7) is 4.64. The lowest BCUT2D eigenvalue weighted by atomic mass is 10.1. The molecule has 0 bridgehead atoms. The zero-order valence-corrected chi connectivity index (χ0v) is 18.8. The number of unbranched alkanes of at least 4 members (excludes halogenated alkanes) is 2. The number of benzene rings is 2. The van der Waals surface area contributed by atoms with Crippen LogP contribution in [0, 0.1) is 6.92 Å². The van der Waals surface area contributed by atoms with Gasteiger partial charge in [-0.05, 0) is 55.8 Å². The van der Waals surface area contributed by atoms with Gasteiger partial charge < -0.3 is 10.1 Å². The Morgan fingerprint density at radius 1 is 1.10 bits per heavy atom. The van der Waals surface area contributed by atoms with Gasteiger partial charge in [0.25, 0.3) is 5.91 Å². The topological polar surface area (TPSA) is 56.1 Å². The summed E-state index contributed by atoms with van der Waals surface area (Å²) < 4.78 is 7.47. The highest BCUT2D eigenvalue weighted by atomic mass is 35.5. The van der Waals surface area contributed by atoms with Gasteiger partial charge >= 0.3 is 0 Å². The van der Waals surface area contributed by atoms with Crippen molar-refractivity contribution in [3.63, 3.8) is 0 Å². The molecule has 0 fully saturated rings. The first-order valence-corrected chi connectivity index (χ1v) is 10.7. The maximum atomic E-state index is 12.9. The molecule has 0 aliphatic heterocycles. The molecule has 0 saturated carbocycles. The fraction of sp³-hybridized carbons (Fsp3) is 0.304. The molecule has 5 nitrogen and oxygen atoms in total. The molecule has 3 aromatic rings. The van der Waals surface area contributed by atoms with E-state index in [-0.39, 0.29) is 5.91 Å². The zero-order chi connectivity index (χ0) is 21.7. The van der Waals surface area contributed by atoms with E-state index in [1.807, 2.05) is 41.8 Å². The molecule has 0 spiro atoms. The number of ether oxygens (including phenoxy) is 1. The number of carbonyl (C=O) groups is 1. The van der Waals surface area contributed by atoms with Crippen LogP contribution in [0.2, 0.25) is 10.0 Å². The third kappa shape index (κ3) is 4.79. The zero-order valence-electron chi connectivity index (χ0n) is 17.3. The van der Waals surface area contributed by atoms with Crippen LogP contribution in [-0.2, 0) is 0 Å². The molecular formula is C23H25Cl2N3O2. The molecule has 7 heteroatoms. The SMILES string of the molecule is CCCCCNC(=O)c1nc(-c2ccc(Cl)cc2OC)n(-c2ccc(Cl)cc2)c1C. The monoisotopic (exact) mass is 445 g/mol. The van der Waals surface area contributed by atoms with E-state index in [1.54, 1.807) is 19.2 Å². The number of amides is 1. The van der Waals surface area contributed by atoms with Crippen molar-refractivity contribution in [2.24, 2.45) is 0 Å². The number of hydrogen-bond donors (Lipinski definition) is 1. The van der Waals surface area contributed by atoms with Gasteiger partial charge in [-0.2, -0.15) is 0 Å². The van der Waals surface area contributed by atoms with E-state index >= 15 is 0 Å².